The molecule has 0 aliphatic heterocycles. The Morgan fingerprint density at radius 3 is 2.50 bits per heavy atom. The summed E-state index contributed by atoms with van der Waals surface area (Å²) in [6, 6.07) is 8.07. The van der Waals surface area contributed by atoms with Gasteiger partial charge in [-0.05, 0) is 33.4 Å². The summed E-state index contributed by atoms with van der Waals surface area (Å²) < 4.78 is 2.09. The van der Waals surface area contributed by atoms with Crippen LogP contribution in [0.25, 0.3) is 10.9 Å². The first-order chi connectivity index (χ1) is 8.90. The van der Waals surface area contributed by atoms with E-state index < -0.39 is 5.54 Å². The van der Waals surface area contributed by atoms with Crippen LogP contribution in [0.15, 0.2) is 24.3 Å². The Hall–Kier alpha value is -1.32. The van der Waals surface area contributed by atoms with Crippen LogP contribution in [0.4, 0.5) is 0 Å². The first-order valence-corrected chi connectivity index (χ1v) is 6.74. The van der Waals surface area contributed by atoms with Gasteiger partial charge in [0.25, 0.3) is 0 Å². The first kappa shape index (κ1) is 16.7. The predicted molar refractivity (Wildman–Crippen MR) is 87.0 cm³/mol. The highest BCUT2D eigenvalue weighted by atomic mass is 35.5. The number of hydrogen-bond acceptors (Lipinski definition) is 2. The summed E-state index contributed by atoms with van der Waals surface area (Å²) in [6.07, 6.45) is 0. The molecule has 0 atom stereocenters. The number of halogens is 1. The van der Waals surface area contributed by atoms with E-state index in [0.717, 1.165) is 28.7 Å². The Morgan fingerprint density at radius 1 is 1.30 bits per heavy atom. The minimum absolute atomic E-state index is 0. The smallest absolute Gasteiger partial charge is 0.184 e. The lowest BCUT2D eigenvalue weighted by Crippen LogP contribution is -2.46. The Kier molecular flexibility index (Phi) is 5.00. The van der Waals surface area contributed by atoms with E-state index in [0.29, 0.717) is 0 Å². The van der Waals surface area contributed by atoms with Crippen LogP contribution in [0.2, 0.25) is 0 Å². The van der Waals surface area contributed by atoms with Crippen LogP contribution < -0.4 is 5.32 Å². The Bertz CT molecular complexity index is 629. The third kappa shape index (κ3) is 2.60. The number of hydrogen-bond donors (Lipinski definition) is 1. The number of para-hydroxylation sites is 1. The van der Waals surface area contributed by atoms with E-state index in [9.17, 15) is 4.79 Å². The molecule has 0 saturated carbocycles. The summed E-state index contributed by atoms with van der Waals surface area (Å²) in [5.74, 6) is 0.156. The quantitative estimate of drug-likeness (QED) is 0.876. The molecule has 110 valence electrons. The van der Waals surface area contributed by atoms with Crippen molar-refractivity contribution in [2.75, 3.05) is 6.54 Å². The van der Waals surface area contributed by atoms with Crippen molar-refractivity contribution >= 4 is 29.1 Å². The van der Waals surface area contributed by atoms with Crippen molar-refractivity contribution < 1.29 is 4.79 Å². The molecule has 1 N–H and O–H groups in total. The number of aryl methyl sites for hydroxylation is 1. The zero-order valence-corrected chi connectivity index (χ0v) is 13.6. The molecule has 0 saturated heterocycles. The topological polar surface area (TPSA) is 34.0 Å². The van der Waals surface area contributed by atoms with Crippen molar-refractivity contribution in [2.24, 2.45) is 7.05 Å². The summed E-state index contributed by atoms with van der Waals surface area (Å²) in [5, 5.41) is 4.30. The van der Waals surface area contributed by atoms with Crippen molar-refractivity contribution in [3.05, 3.63) is 35.5 Å². The molecule has 0 unspecified atom stereocenters. The van der Waals surface area contributed by atoms with E-state index in [1.807, 2.05) is 52.9 Å². The second kappa shape index (κ2) is 5.98. The number of nitrogens with zero attached hydrogens (tertiary/aromatic N) is 1. The molecular weight excluding hydrogens is 272 g/mol. The van der Waals surface area contributed by atoms with Gasteiger partial charge in [0, 0.05) is 29.2 Å². The maximum atomic E-state index is 12.8. The molecule has 0 bridgehead atoms. The normalized spacial score (nSPS) is 11.4. The van der Waals surface area contributed by atoms with Crippen molar-refractivity contribution in [1.29, 1.82) is 0 Å². The summed E-state index contributed by atoms with van der Waals surface area (Å²) in [4.78, 5) is 12.8. The van der Waals surface area contributed by atoms with E-state index in [-0.39, 0.29) is 18.2 Å². The molecule has 0 aliphatic rings. The van der Waals surface area contributed by atoms with E-state index in [2.05, 4.69) is 16.0 Å². The Labute approximate surface area is 126 Å². The molecule has 1 heterocycles. The molecular formula is C16H23ClN2O. The highest BCUT2D eigenvalue weighted by molar-refractivity contribution is 6.13. The van der Waals surface area contributed by atoms with Gasteiger partial charge < -0.3 is 9.88 Å². The van der Waals surface area contributed by atoms with Crippen molar-refractivity contribution in [3.8, 4) is 0 Å². The second-order valence-corrected chi connectivity index (χ2v) is 5.52. The van der Waals surface area contributed by atoms with Crippen LogP contribution >= 0.6 is 12.4 Å². The number of fused-ring (bicyclic) bond motifs is 1. The highest BCUT2D eigenvalue weighted by Gasteiger charge is 2.31. The number of Topliss-reactive ketones (excluding diaryl/α,β-unsaturated/α-hetero) is 1. The van der Waals surface area contributed by atoms with Crippen LogP contribution in [0.1, 0.15) is 36.8 Å². The molecule has 2 rings (SSSR count). The van der Waals surface area contributed by atoms with Crippen LogP contribution in [0.3, 0.4) is 0 Å². The van der Waals surface area contributed by atoms with Gasteiger partial charge in [0.15, 0.2) is 5.78 Å². The van der Waals surface area contributed by atoms with E-state index in [4.69, 9.17) is 0 Å². The third-order valence-electron chi connectivity index (χ3n) is 3.81. The third-order valence-corrected chi connectivity index (χ3v) is 3.81. The number of ketones is 1. The lowest BCUT2D eigenvalue weighted by Gasteiger charge is -2.24. The molecule has 1 aromatic carbocycles. The fourth-order valence-electron chi connectivity index (χ4n) is 2.64. The Morgan fingerprint density at radius 2 is 1.90 bits per heavy atom. The molecule has 0 fully saturated rings. The van der Waals surface area contributed by atoms with Crippen molar-refractivity contribution in [2.45, 2.75) is 33.2 Å². The zero-order chi connectivity index (χ0) is 14.2. The fraction of sp³-hybridized carbons (Fsp3) is 0.438. The maximum Gasteiger partial charge on any atom is 0.184 e. The van der Waals surface area contributed by atoms with Crippen LogP contribution in [0, 0.1) is 6.92 Å². The van der Waals surface area contributed by atoms with Gasteiger partial charge in [-0.25, -0.2) is 0 Å². The lowest BCUT2D eigenvalue weighted by molar-refractivity contribution is 0.0885. The zero-order valence-electron chi connectivity index (χ0n) is 12.8. The summed E-state index contributed by atoms with van der Waals surface area (Å²) in [5.41, 5.74) is 2.43. The number of nitrogens with one attached hydrogen (secondary N) is 1. The fourth-order valence-corrected chi connectivity index (χ4v) is 2.64. The number of carbonyl (C=O) groups is 1. The molecule has 4 heteroatoms. The minimum Gasteiger partial charge on any atom is -0.347 e. The predicted octanol–water partition coefficient (Wildman–Crippen LogP) is 3.48. The van der Waals surface area contributed by atoms with E-state index >= 15 is 0 Å². The van der Waals surface area contributed by atoms with Crippen molar-refractivity contribution in [1.82, 2.24) is 9.88 Å². The molecule has 1 aromatic heterocycles. The highest BCUT2D eigenvalue weighted by Crippen LogP contribution is 2.28. The Balaban J connectivity index is 0.00000200. The molecule has 0 radical (unpaired) electrons. The van der Waals surface area contributed by atoms with Gasteiger partial charge in [0.2, 0.25) is 0 Å². The van der Waals surface area contributed by atoms with Gasteiger partial charge >= 0.3 is 0 Å². The average molecular weight is 295 g/mol. The van der Waals surface area contributed by atoms with Gasteiger partial charge in [0.1, 0.15) is 0 Å². The molecule has 0 amide bonds. The standard InChI is InChI=1S/C16H22N2O.ClH/c1-6-17-16(3,4)15(19)14-11(2)18(5)13-10-8-7-9-12(13)14;/h7-10,17H,6H2,1-5H3;1H. The van der Waals surface area contributed by atoms with Gasteiger partial charge in [-0.3, -0.25) is 4.79 Å². The number of likely N-dealkylation sites (N-methyl/N-ethyl adjacent to an activating group) is 1. The minimum atomic E-state index is -0.538. The molecule has 0 aliphatic carbocycles. The monoisotopic (exact) mass is 294 g/mol. The maximum absolute atomic E-state index is 12.8. The number of aromatic nitrogens is 1. The summed E-state index contributed by atoms with van der Waals surface area (Å²) >= 11 is 0. The van der Waals surface area contributed by atoms with Gasteiger partial charge in [-0.15, -0.1) is 12.4 Å². The lowest BCUT2D eigenvalue weighted by atomic mass is 9.91. The van der Waals surface area contributed by atoms with Crippen molar-refractivity contribution in [3.63, 3.8) is 0 Å². The molecule has 0 spiro atoms. The number of rotatable bonds is 4. The largest absolute Gasteiger partial charge is 0.347 e. The van der Waals surface area contributed by atoms with E-state index in [1.54, 1.807) is 0 Å². The van der Waals surface area contributed by atoms with Crippen LogP contribution in [0.5, 0.6) is 0 Å². The molecule has 3 nitrogen and oxygen atoms in total. The summed E-state index contributed by atoms with van der Waals surface area (Å²) in [7, 11) is 2.01. The summed E-state index contributed by atoms with van der Waals surface area (Å²) in [6.45, 7) is 8.70. The van der Waals surface area contributed by atoms with Gasteiger partial charge in [-0.1, -0.05) is 25.1 Å². The first-order valence-electron chi connectivity index (χ1n) is 6.74. The van der Waals surface area contributed by atoms with Gasteiger partial charge in [-0.2, -0.15) is 0 Å². The number of carbonyl (C=O) groups excluding carboxylic acids is 1. The number of benzene rings is 1. The molecule has 20 heavy (non-hydrogen) atoms. The SMILES string of the molecule is CCNC(C)(C)C(=O)c1c(C)n(C)c2ccccc12.Cl. The second-order valence-electron chi connectivity index (χ2n) is 5.52. The molecule has 2 aromatic rings. The van der Waals surface area contributed by atoms with Gasteiger partial charge in [0.05, 0.1) is 5.54 Å². The van der Waals surface area contributed by atoms with Crippen LogP contribution in [-0.2, 0) is 7.05 Å². The van der Waals surface area contributed by atoms with E-state index in [1.165, 1.54) is 0 Å². The van der Waals surface area contributed by atoms with Crippen LogP contribution in [-0.4, -0.2) is 22.4 Å². The average Bonchev–Trinajstić information content (AvgIpc) is 2.62.